The van der Waals surface area contributed by atoms with Gasteiger partial charge in [0, 0.05) is 6.54 Å². The highest BCUT2D eigenvalue weighted by Crippen LogP contribution is 2.31. The van der Waals surface area contributed by atoms with Crippen LogP contribution in [0.5, 0.6) is 0 Å². The number of hydrogen-bond donors (Lipinski definition) is 3. The molecule has 0 aromatic carbocycles. The number of nitrogens with one attached hydrogen (secondary N) is 1. The molecular formula is C13H25N3O2. The van der Waals surface area contributed by atoms with E-state index in [0.717, 1.165) is 0 Å². The van der Waals surface area contributed by atoms with Gasteiger partial charge in [-0.2, -0.15) is 0 Å². The Kier molecular flexibility index (Phi) is 4.99. The molecule has 0 aromatic heterocycles. The molecule has 0 aliphatic heterocycles. The van der Waals surface area contributed by atoms with Crippen molar-refractivity contribution in [2.45, 2.75) is 46.5 Å². The number of hydrogen-bond acceptors (Lipinski definition) is 3. The number of carbonyl (C=O) groups excluding carboxylic acids is 1. The summed E-state index contributed by atoms with van der Waals surface area (Å²) in [5.41, 5.74) is 4.69. The largest absolute Gasteiger partial charge is 0.409 e. The Balaban J connectivity index is 2.58. The lowest BCUT2D eigenvalue weighted by Crippen LogP contribution is -2.48. The van der Waals surface area contributed by atoms with Crippen molar-refractivity contribution in [3.05, 3.63) is 0 Å². The Hall–Kier alpha value is -1.26. The molecule has 1 fully saturated rings. The van der Waals surface area contributed by atoms with Gasteiger partial charge in [-0.05, 0) is 31.6 Å². The maximum absolute atomic E-state index is 12.2. The third-order valence-corrected chi connectivity index (χ3v) is 4.45. The smallest absolute Gasteiger partial charge is 0.233 e. The first kappa shape index (κ1) is 14.8. The van der Waals surface area contributed by atoms with Crippen LogP contribution in [0, 0.1) is 17.3 Å². The number of rotatable bonds is 5. The lowest BCUT2D eigenvalue weighted by molar-refractivity contribution is -0.127. The van der Waals surface area contributed by atoms with Crippen LogP contribution in [0.3, 0.4) is 0 Å². The normalized spacial score (nSPS) is 27.8. The molecule has 1 aliphatic rings. The van der Waals surface area contributed by atoms with Gasteiger partial charge >= 0.3 is 0 Å². The van der Waals surface area contributed by atoms with Gasteiger partial charge in [0.25, 0.3) is 0 Å². The van der Waals surface area contributed by atoms with Crippen molar-refractivity contribution in [3.63, 3.8) is 0 Å². The molecule has 5 heteroatoms. The number of nitrogens with two attached hydrogens (primary N) is 1. The predicted octanol–water partition coefficient (Wildman–Crippen LogP) is 1.70. The lowest BCUT2D eigenvalue weighted by atomic mass is 9.85. The quantitative estimate of drug-likeness (QED) is 0.302. The zero-order valence-corrected chi connectivity index (χ0v) is 11.6. The Morgan fingerprint density at radius 3 is 2.67 bits per heavy atom. The van der Waals surface area contributed by atoms with Crippen LogP contribution in [0.2, 0.25) is 0 Å². The summed E-state index contributed by atoms with van der Waals surface area (Å²) < 4.78 is 0. The number of carbonyl (C=O) groups is 1. The molecule has 0 spiro atoms. The van der Waals surface area contributed by atoms with Crippen molar-refractivity contribution in [3.8, 4) is 0 Å². The third-order valence-electron chi connectivity index (χ3n) is 4.45. The molecule has 1 amide bonds. The van der Waals surface area contributed by atoms with Gasteiger partial charge in [-0.1, -0.05) is 31.8 Å². The average Bonchev–Trinajstić information content (AvgIpc) is 2.79. The van der Waals surface area contributed by atoms with Gasteiger partial charge in [0.05, 0.1) is 0 Å². The van der Waals surface area contributed by atoms with Crippen molar-refractivity contribution in [2.24, 2.45) is 28.1 Å². The van der Waals surface area contributed by atoms with E-state index in [4.69, 9.17) is 10.9 Å². The van der Waals surface area contributed by atoms with Crippen LogP contribution in [0.1, 0.15) is 46.5 Å². The molecule has 0 heterocycles. The molecule has 3 atom stereocenters. The van der Waals surface area contributed by atoms with Gasteiger partial charge in [-0.15, -0.1) is 0 Å². The van der Waals surface area contributed by atoms with Crippen LogP contribution in [0.15, 0.2) is 5.16 Å². The molecule has 1 aliphatic carbocycles. The molecule has 0 aromatic rings. The molecule has 104 valence electrons. The highest BCUT2D eigenvalue weighted by atomic mass is 16.4. The summed E-state index contributed by atoms with van der Waals surface area (Å²) in [6, 6.07) is 0. The first-order valence-corrected chi connectivity index (χ1v) is 6.72. The monoisotopic (exact) mass is 255 g/mol. The molecule has 4 N–H and O–H groups in total. The molecule has 0 bridgehead atoms. The summed E-state index contributed by atoms with van der Waals surface area (Å²) in [4.78, 5) is 12.2. The van der Waals surface area contributed by atoms with Crippen molar-refractivity contribution in [1.29, 1.82) is 0 Å². The molecule has 0 saturated heterocycles. The number of nitrogens with zero attached hydrogens (tertiary/aromatic N) is 1. The Bertz CT molecular complexity index is 330. The average molecular weight is 255 g/mol. The Morgan fingerprint density at radius 2 is 2.22 bits per heavy atom. The Morgan fingerprint density at radius 1 is 1.56 bits per heavy atom. The minimum absolute atomic E-state index is 0.0260. The minimum atomic E-state index is -0.920. The minimum Gasteiger partial charge on any atom is -0.409 e. The first-order chi connectivity index (χ1) is 8.45. The van der Waals surface area contributed by atoms with Crippen molar-refractivity contribution in [1.82, 2.24) is 5.32 Å². The summed E-state index contributed by atoms with van der Waals surface area (Å²) in [6.07, 6.45) is 4.17. The fourth-order valence-electron chi connectivity index (χ4n) is 2.51. The maximum atomic E-state index is 12.2. The molecule has 0 radical (unpaired) electrons. The van der Waals surface area contributed by atoms with Crippen molar-refractivity contribution in [2.75, 3.05) is 6.54 Å². The summed E-state index contributed by atoms with van der Waals surface area (Å²) in [5, 5.41) is 14.7. The van der Waals surface area contributed by atoms with Crippen LogP contribution >= 0.6 is 0 Å². The van der Waals surface area contributed by atoms with E-state index in [1.807, 2.05) is 6.92 Å². The second-order valence-corrected chi connectivity index (χ2v) is 5.55. The van der Waals surface area contributed by atoms with Crippen LogP contribution in [-0.2, 0) is 4.79 Å². The van der Waals surface area contributed by atoms with E-state index in [-0.39, 0.29) is 11.7 Å². The zero-order valence-electron chi connectivity index (χ0n) is 11.6. The van der Waals surface area contributed by atoms with Gasteiger partial charge in [0.2, 0.25) is 5.91 Å². The van der Waals surface area contributed by atoms with Crippen molar-refractivity contribution < 1.29 is 10.0 Å². The fraction of sp³-hybridized carbons (Fsp3) is 0.846. The molecule has 1 saturated carbocycles. The van der Waals surface area contributed by atoms with Crippen LogP contribution in [0.25, 0.3) is 0 Å². The summed E-state index contributed by atoms with van der Waals surface area (Å²) in [7, 11) is 0. The summed E-state index contributed by atoms with van der Waals surface area (Å²) >= 11 is 0. The summed E-state index contributed by atoms with van der Waals surface area (Å²) in [6.45, 7) is 6.48. The number of amidine groups is 1. The lowest BCUT2D eigenvalue weighted by Gasteiger charge is -2.26. The number of oxime groups is 1. The van der Waals surface area contributed by atoms with E-state index in [9.17, 15) is 4.79 Å². The van der Waals surface area contributed by atoms with E-state index < -0.39 is 5.41 Å². The maximum Gasteiger partial charge on any atom is 0.233 e. The molecular weight excluding hydrogens is 230 g/mol. The first-order valence-electron chi connectivity index (χ1n) is 6.72. The molecule has 18 heavy (non-hydrogen) atoms. The van der Waals surface area contributed by atoms with E-state index in [2.05, 4.69) is 17.4 Å². The predicted molar refractivity (Wildman–Crippen MR) is 71.3 cm³/mol. The molecule has 5 nitrogen and oxygen atoms in total. The molecule has 3 unspecified atom stereocenters. The van der Waals surface area contributed by atoms with E-state index in [1.54, 1.807) is 6.92 Å². The van der Waals surface area contributed by atoms with Gasteiger partial charge in [0.15, 0.2) is 5.84 Å². The second-order valence-electron chi connectivity index (χ2n) is 5.55. The van der Waals surface area contributed by atoms with Gasteiger partial charge < -0.3 is 16.3 Å². The highest BCUT2D eigenvalue weighted by molar-refractivity contribution is 6.06. The second kappa shape index (κ2) is 6.07. The van der Waals surface area contributed by atoms with Crippen LogP contribution in [-0.4, -0.2) is 23.5 Å². The topological polar surface area (TPSA) is 87.7 Å². The molecule has 1 rings (SSSR count). The Labute approximate surface area is 109 Å². The number of amides is 1. The van der Waals surface area contributed by atoms with E-state index >= 15 is 0 Å². The fourth-order valence-corrected chi connectivity index (χ4v) is 2.51. The zero-order chi connectivity index (χ0) is 13.8. The van der Waals surface area contributed by atoms with Gasteiger partial charge in [-0.3, -0.25) is 4.79 Å². The SMILES string of the molecule is CCC(C)(C(=O)NCC1CCCC1C)C(N)=NO. The third kappa shape index (κ3) is 2.94. The highest BCUT2D eigenvalue weighted by Gasteiger charge is 2.37. The van der Waals surface area contributed by atoms with Crippen LogP contribution < -0.4 is 11.1 Å². The van der Waals surface area contributed by atoms with Crippen molar-refractivity contribution >= 4 is 11.7 Å². The standard InChI is InChI=1S/C13H25N3O2/c1-4-13(3,11(14)16-18)12(17)15-8-10-7-5-6-9(10)2/h9-10,18H,4-8H2,1-3H3,(H2,14,16)(H,15,17). The van der Waals surface area contributed by atoms with Gasteiger partial charge in [-0.25, -0.2) is 0 Å². The van der Waals surface area contributed by atoms with E-state index in [0.29, 0.717) is 24.8 Å². The summed E-state index contributed by atoms with van der Waals surface area (Å²) in [5.74, 6) is 1.05. The van der Waals surface area contributed by atoms with Gasteiger partial charge in [0.1, 0.15) is 5.41 Å². The van der Waals surface area contributed by atoms with Crippen LogP contribution in [0.4, 0.5) is 0 Å². The van der Waals surface area contributed by atoms with E-state index in [1.165, 1.54) is 19.3 Å².